The lowest BCUT2D eigenvalue weighted by molar-refractivity contribution is -0.136. The third-order valence-electron chi connectivity index (χ3n) is 10.8. The minimum absolute atomic E-state index is 0.126. The summed E-state index contributed by atoms with van der Waals surface area (Å²) in [5.41, 5.74) is 4.44. The highest BCUT2D eigenvalue weighted by atomic mass is 16.6. The highest BCUT2D eigenvalue weighted by molar-refractivity contribution is 5.87. The number of nitrogens with zero attached hydrogens (tertiary/aromatic N) is 4. The Labute approximate surface area is 353 Å². The zero-order valence-electron chi connectivity index (χ0n) is 36.7. The Morgan fingerprint density at radius 1 is 0.600 bits per heavy atom. The average Bonchev–Trinajstić information content (AvgIpc) is 4.01. The smallest absolute Gasteiger partial charge is 0.408 e. The van der Waals surface area contributed by atoms with E-state index in [1.165, 1.54) is 0 Å². The van der Waals surface area contributed by atoms with Gasteiger partial charge in [0.25, 0.3) is 0 Å². The third-order valence-corrected chi connectivity index (χ3v) is 10.8. The first kappa shape index (κ1) is 43.9. The molecule has 0 aliphatic carbocycles. The number of likely N-dealkylation sites (tertiary alicyclic amines) is 2. The number of aromatic amines is 2. The number of aromatic nitrogens is 4. The lowest BCUT2D eigenvalue weighted by Crippen LogP contribution is -2.52. The highest BCUT2D eigenvalue weighted by Gasteiger charge is 2.39. The molecule has 0 radical (unpaired) electrons. The Hall–Kier alpha value is -5.66. The molecule has 0 saturated carbocycles. The number of H-pyrrole nitrogens is 2. The van der Waals surface area contributed by atoms with Crippen molar-refractivity contribution in [3.63, 3.8) is 0 Å². The van der Waals surface area contributed by atoms with Gasteiger partial charge >= 0.3 is 12.2 Å². The van der Waals surface area contributed by atoms with Crippen LogP contribution in [-0.4, -0.2) is 90.1 Å². The molecule has 2 aliphatic heterocycles. The Bertz CT molecular complexity index is 1970. The van der Waals surface area contributed by atoms with E-state index in [0.717, 1.165) is 71.0 Å². The van der Waals surface area contributed by atoms with Crippen LogP contribution in [0.25, 0.3) is 33.6 Å². The average molecular weight is 823 g/mol. The molecule has 14 nitrogen and oxygen atoms in total. The molecular weight excluding hydrogens is 761 g/mol. The maximum Gasteiger partial charge on any atom is 0.408 e. The van der Waals surface area contributed by atoms with Crippen LogP contribution in [-0.2, 0) is 19.1 Å². The van der Waals surface area contributed by atoms with Crippen LogP contribution in [0.1, 0.15) is 119 Å². The Kier molecular flexibility index (Phi) is 13.1. The number of benzene rings is 2. The minimum Gasteiger partial charge on any atom is -0.444 e. The van der Waals surface area contributed by atoms with Crippen LogP contribution in [0.5, 0.6) is 0 Å². The lowest BCUT2D eigenvalue weighted by atomic mass is 10.0. The number of carbonyl (C=O) groups excluding carboxylic acids is 4. The molecule has 4 N–H and O–H groups in total. The maximum absolute atomic E-state index is 13.8. The van der Waals surface area contributed by atoms with E-state index in [-0.39, 0.29) is 35.7 Å². The van der Waals surface area contributed by atoms with E-state index in [1.807, 2.05) is 49.9 Å². The molecular formula is C46H62N8O6. The molecule has 322 valence electrons. The van der Waals surface area contributed by atoms with Gasteiger partial charge in [0.1, 0.15) is 34.9 Å². The summed E-state index contributed by atoms with van der Waals surface area (Å²) in [4.78, 5) is 72.8. The fourth-order valence-electron chi connectivity index (χ4n) is 7.87. The van der Waals surface area contributed by atoms with Gasteiger partial charge in [0.15, 0.2) is 0 Å². The van der Waals surface area contributed by atoms with Gasteiger partial charge in [0.05, 0.1) is 35.9 Å². The van der Waals surface area contributed by atoms with Gasteiger partial charge in [-0.3, -0.25) is 9.59 Å². The molecule has 2 aliphatic rings. The van der Waals surface area contributed by atoms with Crippen LogP contribution in [0, 0.1) is 11.8 Å². The number of amides is 4. The zero-order chi connectivity index (χ0) is 43.5. The molecule has 4 heterocycles. The van der Waals surface area contributed by atoms with E-state index >= 15 is 0 Å². The number of hydrogen-bond donors (Lipinski definition) is 4. The van der Waals surface area contributed by atoms with Crippen LogP contribution in [0.4, 0.5) is 9.59 Å². The van der Waals surface area contributed by atoms with E-state index < -0.39 is 35.5 Å². The maximum atomic E-state index is 13.8. The van der Waals surface area contributed by atoms with Crippen LogP contribution in [0.15, 0.2) is 60.9 Å². The lowest BCUT2D eigenvalue weighted by Gasteiger charge is -2.31. The Morgan fingerprint density at radius 2 is 0.933 bits per heavy atom. The molecule has 0 spiro atoms. The first-order valence-corrected chi connectivity index (χ1v) is 21.2. The molecule has 4 atom stereocenters. The number of alkyl carbamates (subject to hydrolysis) is 2. The second kappa shape index (κ2) is 17.9. The van der Waals surface area contributed by atoms with Crippen molar-refractivity contribution in [1.29, 1.82) is 0 Å². The van der Waals surface area contributed by atoms with Crippen molar-refractivity contribution in [2.24, 2.45) is 11.8 Å². The highest BCUT2D eigenvalue weighted by Crippen LogP contribution is 2.35. The fraction of sp³-hybridized carbons (Fsp3) is 0.522. The van der Waals surface area contributed by atoms with Gasteiger partial charge in [-0.15, -0.1) is 0 Å². The van der Waals surface area contributed by atoms with Crippen LogP contribution in [0.2, 0.25) is 0 Å². The zero-order valence-corrected chi connectivity index (χ0v) is 36.7. The summed E-state index contributed by atoms with van der Waals surface area (Å²) in [6, 6.07) is 14.7. The van der Waals surface area contributed by atoms with Gasteiger partial charge in [-0.05, 0) is 101 Å². The van der Waals surface area contributed by atoms with Crippen LogP contribution in [0.3, 0.4) is 0 Å². The number of rotatable bonds is 11. The number of nitrogens with one attached hydrogen (secondary N) is 4. The van der Waals surface area contributed by atoms with Gasteiger partial charge < -0.3 is 39.9 Å². The van der Waals surface area contributed by atoms with Crippen molar-refractivity contribution in [3.8, 4) is 33.6 Å². The van der Waals surface area contributed by atoms with E-state index in [2.05, 4.69) is 69.1 Å². The number of ether oxygens (including phenoxy) is 2. The number of hydrogen-bond acceptors (Lipinski definition) is 8. The van der Waals surface area contributed by atoms with E-state index in [4.69, 9.17) is 19.4 Å². The van der Waals surface area contributed by atoms with Crippen LogP contribution >= 0.6 is 0 Å². The monoisotopic (exact) mass is 822 g/mol. The molecule has 6 rings (SSSR count). The normalized spacial score (nSPS) is 18.1. The molecule has 2 aromatic carbocycles. The summed E-state index contributed by atoms with van der Waals surface area (Å²) in [6.07, 6.45) is 5.64. The number of imidazole rings is 2. The van der Waals surface area contributed by atoms with Crippen molar-refractivity contribution >= 4 is 24.0 Å². The molecule has 2 aromatic heterocycles. The van der Waals surface area contributed by atoms with Gasteiger partial charge in [-0.1, -0.05) is 76.2 Å². The number of carbonyl (C=O) groups is 4. The van der Waals surface area contributed by atoms with Crippen molar-refractivity contribution in [3.05, 3.63) is 72.6 Å². The molecule has 4 amide bonds. The Morgan fingerprint density at radius 3 is 1.25 bits per heavy atom. The largest absolute Gasteiger partial charge is 0.444 e. The van der Waals surface area contributed by atoms with Crippen molar-refractivity contribution < 1.29 is 28.7 Å². The molecule has 1 unspecified atom stereocenters. The summed E-state index contributed by atoms with van der Waals surface area (Å²) in [5, 5.41) is 5.60. The summed E-state index contributed by atoms with van der Waals surface area (Å²) >= 11 is 0. The summed E-state index contributed by atoms with van der Waals surface area (Å²) in [7, 11) is 0. The van der Waals surface area contributed by atoms with E-state index in [0.29, 0.717) is 13.1 Å². The van der Waals surface area contributed by atoms with Gasteiger partial charge in [0, 0.05) is 13.1 Å². The fourth-order valence-corrected chi connectivity index (χ4v) is 7.87. The first-order chi connectivity index (χ1) is 28.3. The molecule has 2 saturated heterocycles. The van der Waals surface area contributed by atoms with Gasteiger partial charge in [-0.25, -0.2) is 19.6 Å². The van der Waals surface area contributed by atoms with Gasteiger partial charge in [-0.2, -0.15) is 0 Å². The summed E-state index contributed by atoms with van der Waals surface area (Å²) in [5.74, 6) is 0.911. The summed E-state index contributed by atoms with van der Waals surface area (Å²) < 4.78 is 10.9. The molecule has 0 bridgehead atoms. The molecule has 2 fully saturated rings. The standard InChI is InChI=1S/C46H62N8O6/c1-27(2)37(51-43(57)59-45(5,6)7)41(55)53-23-11-13-35(53)39-47-25-33(49-39)31-19-15-29(16-20-31)30-17-21-32(22-18-30)34-26-48-40(50-34)36-14-12-24-54(36)42(56)38(28(3)4)52-44(58)60-46(8,9)10/h15-22,25-28,35-38H,11-14,23-24H2,1-10H3,(H,47,49)(H,48,50)(H,51,57)(H,52,58)/t35-,36?,37-,38-/m0/s1. The molecule has 60 heavy (non-hydrogen) atoms. The van der Waals surface area contributed by atoms with Crippen molar-refractivity contribution in [2.75, 3.05) is 13.1 Å². The third kappa shape index (κ3) is 10.6. The summed E-state index contributed by atoms with van der Waals surface area (Å²) in [6.45, 7) is 19.6. The predicted molar refractivity (Wildman–Crippen MR) is 230 cm³/mol. The SMILES string of the molecule is CC(C)[C@H](NC(=O)OC(C)(C)C)C(=O)N1CCCC1c1ncc(-c2ccc(-c3ccc(-c4cnc([C@@H]5CCCN5C(=O)[C@@H](NC(=O)OC(C)(C)C)C(C)C)[nH]4)cc3)cc2)[nH]1. The van der Waals surface area contributed by atoms with E-state index in [1.54, 1.807) is 41.5 Å². The predicted octanol–water partition coefficient (Wildman–Crippen LogP) is 8.56. The quantitative estimate of drug-likeness (QED) is 0.116. The van der Waals surface area contributed by atoms with Crippen molar-refractivity contribution in [1.82, 2.24) is 40.4 Å². The topological polar surface area (TPSA) is 175 Å². The van der Waals surface area contributed by atoms with Crippen molar-refractivity contribution in [2.45, 2.75) is 130 Å². The van der Waals surface area contributed by atoms with Crippen LogP contribution < -0.4 is 10.6 Å². The van der Waals surface area contributed by atoms with E-state index in [9.17, 15) is 19.2 Å². The minimum atomic E-state index is -0.714. The van der Waals surface area contributed by atoms with Gasteiger partial charge in [0.2, 0.25) is 11.8 Å². The Balaban J connectivity index is 1.09. The first-order valence-electron chi connectivity index (χ1n) is 21.2. The second-order valence-corrected chi connectivity index (χ2v) is 18.6. The second-order valence-electron chi connectivity index (χ2n) is 18.6. The molecule has 14 heteroatoms. The molecule has 4 aromatic rings.